The van der Waals surface area contributed by atoms with Gasteiger partial charge in [0.15, 0.2) is 0 Å². The Labute approximate surface area is 169 Å². The normalized spacial score (nSPS) is 21.2. The van der Waals surface area contributed by atoms with Crippen LogP contribution in [0, 0.1) is 0 Å². The summed E-state index contributed by atoms with van der Waals surface area (Å²) in [6.45, 7) is 5.75. The molecule has 0 aliphatic carbocycles. The number of nitrogens with zero attached hydrogens (tertiary/aromatic N) is 2. The molecule has 2 aromatic carbocycles. The largest absolute Gasteiger partial charge is 0.416 e. The number of urea groups is 1. The number of rotatable bonds is 1. The van der Waals surface area contributed by atoms with Gasteiger partial charge in [0.2, 0.25) is 0 Å². The first-order chi connectivity index (χ1) is 13.7. The Morgan fingerprint density at radius 1 is 1.03 bits per heavy atom. The number of para-hydroxylation sites is 1. The Kier molecular flexibility index (Phi) is 4.83. The number of fused-ring (bicyclic) bond motifs is 1. The van der Waals surface area contributed by atoms with Crippen LogP contribution in [0.5, 0.6) is 0 Å². The van der Waals surface area contributed by atoms with E-state index in [2.05, 4.69) is 19.9 Å². The van der Waals surface area contributed by atoms with E-state index in [1.54, 1.807) is 21.9 Å². The van der Waals surface area contributed by atoms with Crippen LogP contribution < -0.4 is 4.90 Å². The molecule has 2 aromatic rings. The molecular weight excluding hydrogens is 377 g/mol. The van der Waals surface area contributed by atoms with Gasteiger partial charge in [-0.3, -0.25) is 4.90 Å². The standard InChI is InChI=1S/C23H25F3N2O/c1-22(2)12-14-28(20-10-6-5-9-19(20)22)21(29)27-13-11-16(15-27)17-7-3-4-8-18(17)23(24,25)26/h3-10,16H,11-15H2,1-2H3. The molecule has 0 aromatic heterocycles. The molecule has 4 rings (SSSR count). The highest BCUT2D eigenvalue weighted by molar-refractivity contribution is 5.94. The Morgan fingerprint density at radius 3 is 2.48 bits per heavy atom. The summed E-state index contributed by atoms with van der Waals surface area (Å²) in [5, 5.41) is 0. The number of carbonyl (C=O) groups excluding carboxylic acids is 1. The van der Waals surface area contributed by atoms with Gasteiger partial charge in [0, 0.05) is 31.2 Å². The van der Waals surface area contributed by atoms with E-state index in [0.717, 1.165) is 23.7 Å². The van der Waals surface area contributed by atoms with Gasteiger partial charge in [-0.25, -0.2) is 4.79 Å². The van der Waals surface area contributed by atoms with Crippen LogP contribution in [-0.2, 0) is 11.6 Å². The first-order valence-electron chi connectivity index (χ1n) is 10.0. The molecular formula is C23H25F3N2O. The summed E-state index contributed by atoms with van der Waals surface area (Å²) in [7, 11) is 0. The first kappa shape index (κ1) is 19.8. The fraction of sp³-hybridized carbons (Fsp3) is 0.435. The van der Waals surface area contributed by atoms with Crippen molar-refractivity contribution in [1.29, 1.82) is 0 Å². The van der Waals surface area contributed by atoms with Gasteiger partial charge in [-0.15, -0.1) is 0 Å². The minimum Gasteiger partial charge on any atom is -0.324 e. The van der Waals surface area contributed by atoms with Crippen molar-refractivity contribution >= 4 is 11.7 Å². The van der Waals surface area contributed by atoms with Crippen LogP contribution in [0.3, 0.4) is 0 Å². The summed E-state index contributed by atoms with van der Waals surface area (Å²) in [4.78, 5) is 16.8. The third kappa shape index (κ3) is 3.61. The van der Waals surface area contributed by atoms with Gasteiger partial charge in [-0.05, 0) is 41.5 Å². The second-order valence-corrected chi connectivity index (χ2v) is 8.60. The van der Waals surface area contributed by atoms with Crippen molar-refractivity contribution in [2.24, 2.45) is 0 Å². The molecule has 0 saturated carbocycles. The van der Waals surface area contributed by atoms with Gasteiger partial charge in [0.25, 0.3) is 0 Å². The third-order valence-corrected chi connectivity index (χ3v) is 6.28. The number of carbonyl (C=O) groups is 1. The topological polar surface area (TPSA) is 23.6 Å². The van der Waals surface area contributed by atoms with Gasteiger partial charge in [0.05, 0.1) is 5.56 Å². The molecule has 3 nitrogen and oxygen atoms in total. The Bertz CT molecular complexity index is 922. The molecule has 2 aliphatic rings. The van der Waals surface area contributed by atoms with Gasteiger partial charge >= 0.3 is 12.2 Å². The lowest BCUT2D eigenvalue weighted by Gasteiger charge is -2.40. The van der Waals surface area contributed by atoms with Crippen molar-refractivity contribution in [2.75, 3.05) is 24.5 Å². The van der Waals surface area contributed by atoms with Crippen molar-refractivity contribution < 1.29 is 18.0 Å². The molecule has 1 atom stereocenters. The zero-order chi connectivity index (χ0) is 20.8. The molecule has 0 N–H and O–H groups in total. The van der Waals surface area contributed by atoms with Gasteiger partial charge in [-0.2, -0.15) is 13.2 Å². The zero-order valence-corrected chi connectivity index (χ0v) is 16.7. The molecule has 2 aliphatic heterocycles. The zero-order valence-electron chi connectivity index (χ0n) is 16.7. The fourth-order valence-corrected chi connectivity index (χ4v) is 4.60. The molecule has 0 radical (unpaired) electrons. The first-order valence-corrected chi connectivity index (χ1v) is 10.0. The van der Waals surface area contributed by atoms with Crippen molar-refractivity contribution in [3.05, 3.63) is 65.2 Å². The number of likely N-dealkylation sites (tertiary alicyclic amines) is 1. The van der Waals surface area contributed by atoms with E-state index < -0.39 is 11.7 Å². The molecule has 29 heavy (non-hydrogen) atoms. The Morgan fingerprint density at radius 2 is 1.72 bits per heavy atom. The van der Waals surface area contributed by atoms with E-state index in [0.29, 0.717) is 26.1 Å². The van der Waals surface area contributed by atoms with Crippen LogP contribution in [0.2, 0.25) is 0 Å². The third-order valence-electron chi connectivity index (χ3n) is 6.28. The van der Waals surface area contributed by atoms with Crippen LogP contribution in [-0.4, -0.2) is 30.6 Å². The maximum atomic E-state index is 13.4. The lowest BCUT2D eigenvalue weighted by Crippen LogP contribution is -2.47. The Balaban J connectivity index is 1.56. The van der Waals surface area contributed by atoms with Crippen LogP contribution >= 0.6 is 0 Å². The van der Waals surface area contributed by atoms with Crippen LogP contribution in [0.1, 0.15) is 49.3 Å². The lowest BCUT2D eigenvalue weighted by molar-refractivity contribution is -0.138. The van der Waals surface area contributed by atoms with E-state index in [-0.39, 0.29) is 22.9 Å². The number of amides is 2. The number of hydrogen-bond donors (Lipinski definition) is 0. The van der Waals surface area contributed by atoms with E-state index in [1.165, 1.54) is 6.07 Å². The van der Waals surface area contributed by atoms with Crippen molar-refractivity contribution in [2.45, 2.75) is 44.2 Å². The van der Waals surface area contributed by atoms with Gasteiger partial charge in [-0.1, -0.05) is 50.2 Å². The predicted molar refractivity (Wildman–Crippen MR) is 107 cm³/mol. The highest BCUT2D eigenvalue weighted by Crippen LogP contribution is 2.41. The number of benzene rings is 2. The molecule has 154 valence electrons. The van der Waals surface area contributed by atoms with E-state index >= 15 is 0 Å². The van der Waals surface area contributed by atoms with Crippen LogP contribution in [0.25, 0.3) is 0 Å². The second-order valence-electron chi connectivity index (χ2n) is 8.60. The summed E-state index contributed by atoms with van der Waals surface area (Å²) in [5.41, 5.74) is 1.73. The SMILES string of the molecule is CC1(C)CCN(C(=O)N2CCC(c3ccccc3C(F)(F)F)C2)c2ccccc21. The molecule has 2 amide bonds. The second kappa shape index (κ2) is 7.08. The van der Waals surface area contributed by atoms with Crippen molar-refractivity contribution in [1.82, 2.24) is 4.90 Å². The summed E-state index contributed by atoms with van der Waals surface area (Å²) in [6, 6.07) is 13.5. The van der Waals surface area contributed by atoms with Gasteiger partial charge < -0.3 is 4.90 Å². The van der Waals surface area contributed by atoms with Gasteiger partial charge in [0.1, 0.15) is 0 Å². The number of alkyl halides is 3. The molecule has 1 unspecified atom stereocenters. The van der Waals surface area contributed by atoms with E-state index in [9.17, 15) is 18.0 Å². The quantitative estimate of drug-likeness (QED) is 0.591. The van der Waals surface area contributed by atoms with Crippen LogP contribution in [0.15, 0.2) is 48.5 Å². The van der Waals surface area contributed by atoms with E-state index in [4.69, 9.17) is 0 Å². The highest BCUT2D eigenvalue weighted by atomic mass is 19.4. The summed E-state index contributed by atoms with van der Waals surface area (Å²) in [6.07, 6.45) is -2.99. The number of anilines is 1. The smallest absolute Gasteiger partial charge is 0.324 e. The minimum absolute atomic E-state index is 0.00737. The molecule has 2 heterocycles. The molecule has 1 fully saturated rings. The highest BCUT2D eigenvalue weighted by Gasteiger charge is 2.40. The van der Waals surface area contributed by atoms with E-state index in [1.807, 2.05) is 18.2 Å². The monoisotopic (exact) mass is 402 g/mol. The maximum absolute atomic E-state index is 13.4. The number of halogens is 3. The molecule has 1 saturated heterocycles. The molecule has 6 heteroatoms. The molecule has 0 bridgehead atoms. The van der Waals surface area contributed by atoms with Crippen LogP contribution in [0.4, 0.5) is 23.7 Å². The number of hydrogen-bond acceptors (Lipinski definition) is 1. The average molecular weight is 402 g/mol. The summed E-state index contributed by atoms with van der Waals surface area (Å²) < 4.78 is 40.2. The lowest BCUT2D eigenvalue weighted by atomic mass is 9.78. The predicted octanol–water partition coefficient (Wildman–Crippen LogP) is 5.80. The summed E-state index contributed by atoms with van der Waals surface area (Å²) >= 11 is 0. The van der Waals surface area contributed by atoms with Crippen molar-refractivity contribution in [3.8, 4) is 0 Å². The molecule has 0 spiro atoms. The average Bonchev–Trinajstić information content (AvgIpc) is 3.17. The van der Waals surface area contributed by atoms with Crippen molar-refractivity contribution in [3.63, 3.8) is 0 Å². The summed E-state index contributed by atoms with van der Waals surface area (Å²) in [5.74, 6) is -0.298. The maximum Gasteiger partial charge on any atom is 0.416 e. The fourth-order valence-electron chi connectivity index (χ4n) is 4.60. The minimum atomic E-state index is -4.38. The Hall–Kier alpha value is -2.50.